The van der Waals surface area contributed by atoms with E-state index in [9.17, 15) is 4.79 Å². The van der Waals surface area contributed by atoms with E-state index in [0.717, 1.165) is 32.2 Å². The van der Waals surface area contributed by atoms with Gasteiger partial charge >= 0.3 is 0 Å². The van der Waals surface area contributed by atoms with Crippen molar-refractivity contribution in [3.63, 3.8) is 0 Å². The van der Waals surface area contributed by atoms with E-state index in [4.69, 9.17) is 11.6 Å². The third-order valence-corrected chi connectivity index (χ3v) is 3.39. The Morgan fingerprint density at radius 2 is 1.88 bits per heavy atom. The van der Waals surface area contributed by atoms with Crippen LogP contribution < -0.4 is 0 Å². The molecule has 1 saturated carbocycles. The van der Waals surface area contributed by atoms with E-state index in [-0.39, 0.29) is 5.92 Å². The first-order chi connectivity index (χ1) is 7.74. The molecule has 0 heterocycles. The van der Waals surface area contributed by atoms with Crippen molar-refractivity contribution in [3.05, 3.63) is 0 Å². The van der Waals surface area contributed by atoms with Crippen molar-refractivity contribution in [1.29, 1.82) is 0 Å². The van der Waals surface area contributed by atoms with Crippen LogP contribution in [0.25, 0.3) is 0 Å². The molecule has 0 atom stereocenters. The van der Waals surface area contributed by atoms with Crippen molar-refractivity contribution < 1.29 is 4.79 Å². The molecule has 1 amide bonds. The number of rotatable bonds is 8. The number of halogens is 1. The Kier molecular flexibility index (Phi) is 6.18. The van der Waals surface area contributed by atoms with Crippen molar-refractivity contribution >= 4 is 17.5 Å². The molecule has 0 saturated heterocycles. The predicted molar refractivity (Wildman–Crippen MR) is 68.8 cm³/mol. The first-order valence-corrected chi connectivity index (χ1v) is 7.14. The van der Waals surface area contributed by atoms with Gasteiger partial charge in [0.15, 0.2) is 0 Å². The summed E-state index contributed by atoms with van der Waals surface area (Å²) in [5.41, 5.74) is 0. The fourth-order valence-electron chi connectivity index (χ4n) is 2.27. The van der Waals surface area contributed by atoms with Crippen LogP contribution >= 0.6 is 11.6 Å². The zero-order chi connectivity index (χ0) is 12.0. The highest BCUT2D eigenvalue weighted by atomic mass is 35.5. The van der Waals surface area contributed by atoms with Gasteiger partial charge < -0.3 is 4.90 Å². The van der Waals surface area contributed by atoms with Crippen molar-refractivity contribution in [3.8, 4) is 0 Å². The maximum absolute atomic E-state index is 12.4. The maximum Gasteiger partial charge on any atom is 0.225 e. The Hall–Kier alpha value is -0.240. The number of nitrogens with zero attached hydrogens (tertiary/aromatic N) is 1. The van der Waals surface area contributed by atoms with E-state index in [1.165, 1.54) is 12.8 Å². The number of alkyl halides is 1. The van der Waals surface area contributed by atoms with E-state index in [2.05, 4.69) is 13.8 Å². The Balaban J connectivity index is 2.54. The molecule has 1 fully saturated rings. The van der Waals surface area contributed by atoms with Crippen LogP contribution in [-0.2, 0) is 4.79 Å². The van der Waals surface area contributed by atoms with E-state index in [0.29, 0.717) is 17.8 Å². The summed E-state index contributed by atoms with van der Waals surface area (Å²) >= 11 is 5.78. The third kappa shape index (κ3) is 3.97. The minimum atomic E-state index is 0.235. The molecule has 0 aromatic carbocycles. The summed E-state index contributed by atoms with van der Waals surface area (Å²) in [4.78, 5) is 14.4. The SMILES string of the molecule is CCCC(CCC)C(=O)N(CCCl)C1CC1. The van der Waals surface area contributed by atoms with Crippen LogP contribution in [0.1, 0.15) is 52.4 Å². The van der Waals surface area contributed by atoms with E-state index in [1.54, 1.807) is 0 Å². The Bertz CT molecular complexity index is 210. The molecular weight excluding hydrogens is 222 g/mol. The highest BCUT2D eigenvalue weighted by Crippen LogP contribution is 2.29. The Morgan fingerprint density at radius 1 is 1.31 bits per heavy atom. The van der Waals surface area contributed by atoms with Gasteiger partial charge in [-0.25, -0.2) is 0 Å². The quantitative estimate of drug-likeness (QED) is 0.600. The van der Waals surface area contributed by atoms with Crippen LogP contribution in [0, 0.1) is 5.92 Å². The van der Waals surface area contributed by atoms with Gasteiger partial charge in [-0.05, 0) is 25.7 Å². The normalized spacial score (nSPS) is 15.5. The predicted octanol–water partition coefficient (Wildman–Crippen LogP) is 3.43. The van der Waals surface area contributed by atoms with Gasteiger partial charge in [0.1, 0.15) is 0 Å². The van der Waals surface area contributed by atoms with Gasteiger partial charge in [0, 0.05) is 24.4 Å². The molecule has 0 unspecified atom stereocenters. The highest BCUT2D eigenvalue weighted by molar-refractivity contribution is 6.18. The van der Waals surface area contributed by atoms with Crippen LogP contribution in [0.3, 0.4) is 0 Å². The lowest BCUT2D eigenvalue weighted by atomic mass is 9.96. The molecule has 0 radical (unpaired) electrons. The highest BCUT2D eigenvalue weighted by Gasteiger charge is 2.34. The number of hydrogen-bond acceptors (Lipinski definition) is 1. The summed E-state index contributed by atoms with van der Waals surface area (Å²) in [6.45, 7) is 5.03. The summed E-state index contributed by atoms with van der Waals surface area (Å²) < 4.78 is 0. The van der Waals surface area contributed by atoms with Crippen LogP contribution in [-0.4, -0.2) is 29.3 Å². The number of carbonyl (C=O) groups is 1. The number of hydrogen-bond donors (Lipinski definition) is 0. The van der Waals surface area contributed by atoms with Crippen LogP contribution in [0.15, 0.2) is 0 Å². The van der Waals surface area contributed by atoms with Crippen LogP contribution in [0.5, 0.6) is 0 Å². The van der Waals surface area contributed by atoms with Crippen molar-refractivity contribution in [2.75, 3.05) is 12.4 Å². The summed E-state index contributed by atoms with van der Waals surface area (Å²) in [5.74, 6) is 1.15. The van der Waals surface area contributed by atoms with Crippen molar-refractivity contribution in [2.45, 2.75) is 58.4 Å². The van der Waals surface area contributed by atoms with Gasteiger partial charge in [-0.1, -0.05) is 26.7 Å². The Morgan fingerprint density at radius 3 is 2.25 bits per heavy atom. The van der Waals surface area contributed by atoms with Gasteiger partial charge in [0.2, 0.25) is 5.91 Å². The number of carbonyl (C=O) groups excluding carboxylic acids is 1. The summed E-state index contributed by atoms with van der Waals surface area (Å²) in [5, 5.41) is 0. The molecule has 0 spiro atoms. The lowest BCUT2D eigenvalue weighted by Crippen LogP contribution is -2.39. The first kappa shape index (κ1) is 13.8. The monoisotopic (exact) mass is 245 g/mol. The van der Waals surface area contributed by atoms with Gasteiger partial charge in [0.25, 0.3) is 0 Å². The van der Waals surface area contributed by atoms with E-state index < -0.39 is 0 Å². The lowest BCUT2D eigenvalue weighted by molar-refractivity contribution is -0.136. The van der Waals surface area contributed by atoms with Gasteiger partial charge in [0.05, 0.1) is 0 Å². The second kappa shape index (κ2) is 7.16. The molecule has 0 aromatic rings. The molecule has 0 aromatic heterocycles. The Labute approximate surface area is 104 Å². The summed E-state index contributed by atoms with van der Waals surface area (Å²) in [7, 11) is 0. The van der Waals surface area contributed by atoms with Crippen LogP contribution in [0.2, 0.25) is 0 Å². The molecule has 1 rings (SSSR count). The van der Waals surface area contributed by atoms with Gasteiger partial charge in [-0.2, -0.15) is 0 Å². The maximum atomic E-state index is 12.4. The molecule has 3 heteroatoms. The van der Waals surface area contributed by atoms with E-state index >= 15 is 0 Å². The zero-order valence-corrected chi connectivity index (χ0v) is 11.3. The summed E-state index contributed by atoms with van der Waals surface area (Å²) in [6, 6.07) is 0.502. The minimum Gasteiger partial charge on any atom is -0.338 e. The minimum absolute atomic E-state index is 0.235. The third-order valence-electron chi connectivity index (χ3n) is 3.22. The molecular formula is C13H24ClNO. The van der Waals surface area contributed by atoms with Crippen molar-refractivity contribution in [2.24, 2.45) is 5.92 Å². The molecule has 16 heavy (non-hydrogen) atoms. The average molecular weight is 246 g/mol. The second-order valence-electron chi connectivity index (χ2n) is 4.73. The largest absolute Gasteiger partial charge is 0.338 e. The molecule has 94 valence electrons. The second-order valence-corrected chi connectivity index (χ2v) is 5.10. The number of amides is 1. The molecule has 1 aliphatic carbocycles. The van der Waals surface area contributed by atoms with Crippen molar-refractivity contribution in [1.82, 2.24) is 4.90 Å². The first-order valence-electron chi connectivity index (χ1n) is 6.61. The van der Waals surface area contributed by atoms with E-state index in [1.807, 2.05) is 4.90 Å². The zero-order valence-electron chi connectivity index (χ0n) is 10.5. The summed E-state index contributed by atoms with van der Waals surface area (Å²) in [6.07, 6.45) is 6.59. The topological polar surface area (TPSA) is 20.3 Å². The fourth-order valence-corrected chi connectivity index (χ4v) is 2.45. The molecule has 2 nitrogen and oxygen atoms in total. The van der Waals surface area contributed by atoms with Gasteiger partial charge in [-0.15, -0.1) is 11.6 Å². The smallest absolute Gasteiger partial charge is 0.225 e. The fraction of sp³-hybridized carbons (Fsp3) is 0.923. The van der Waals surface area contributed by atoms with Gasteiger partial charge in [-0.3, -0.25) is 4.79 Å². The standard InChI is InChI=1S/C13H24ClNO/c1-3-5-11(6-4-2)13(16)15(10-9-14)12-7-8-12/h11-12H,3-10H2,1-2H3. The molecule has 0 aliphatic heterocycles. The molecule has 0 bridgehead atoms. The molecule has 1 aliphatic rings. The molecule has 0 N–H and O–H groups in total. The average Bonchev–Trinajstić information content (AvgIpc) is 3.08. The lowest BCUT2D eigenvalue weighted by Gasteiger charge is -2.26. The van der Waals surface area contributed by atoms with Crippen LogP contribution in [0.4, 0.5) is 0 Å².